The molecule has 2 heterocycles. The minimum absolute atomic E-state index is 0.00588. The Balaban J connectivity index is 1.99. The van der Waals surface area contributed by atoms with E-state index in [-0.39, 0.29) is 5.60 Å². The van der Waals surface area contributed by atoms with Gasteiger partial charge in [0.1, 0.15) is 0 Å². The molecule has 4 heteroatoms. The van der Waals surface area contributed by atoms with Crippen LogP contribution in [0.15, 0.2) is 5.16 Å². The summed E-state index contributed by atoms with van der Waals surface area (Å²) >= 11 is 0. The summed E-state index contributed by atoms with van der Waals surface area (Å²) in [5, 5.41) is 11.9. The Morgan fingerprint density at radius 1 is 1.46 bits per heavy atom. The highest BCUT2D eigenvalue weighted by molar-refractivity contribution is 5.87. The average molecular weight is 184 g/mol. The molecule has 0 atom stereocenters. The van der Waals surface area contributed by atoms with Crippen LogP contribution in [-0.4, -0.2) is 48.2 Å². The number of rotatable bonds is 0. The zero-order valence-electron chi connectivity index (χ0n) is 7.99. The fraction of sp³-hybridized carbons (Fsp3) is 0.889. The molecule has 0 aromatic rings. The fourth-order valence-corrected chi connectivity index (χ4v) is 2.12. The Labute approximate surface area is 78.2 Å². The first-order valence-corrected chi connectivity index (χ1v) is 4.76. The lowest BCUT2D eigenvalue weighted by Gasteiger charge is -2.36. The van der Waals surface area contributed by atoms with Gasteiger partial charge in [0.25, 0.3) is 0 Å². The number of ether oxygens (including phenoxy) is 1. The zero-order valence-corrected chi connectivity index (χ0v) is 7.99. The minimum Gasteiger partial charge on any atom is -0.411 e. The lowest BCUT2D eigenvalue weighted by atomic mass is 9.88. The Kier molecular flexibility index (Phi) is 2.26. The van der Waals surface area contributed by atoms with Crippen LogP contribution in [0.1, 0.15) is 19.3 Å². The van der Waals surface area contributed by atoms with E-state index in [4.69, 9.17) is 9.94 Å². The van der Waals surface area contributed by atoms with Crippen molar-refractivity contribution in [2.45, 2.75) is 24.9 Å². The summed E-state index contributed by atoms with van der Waals surface area (Å²) < 4.78 is 5.72. The van der Waals surface area contributed by atoms with Crippen molar-refractivity contribution < 1.29 is 9.94 Å². The third kappa shape index (κ3) is 1.69. The standard InChI is InChI=1S/C9H16N2O2/c1-11-4-2-9(3-5-11)6-8(10-12)7-13-9/h12H,2-7H2,1H3/b10-8-. The number of nitrogens with zero attached hydrogens (tertiary/aromatic N) is 2. The van der Waals surface area contributed by atoms with Crippen molar-refractivity contribution in [1.29, 1.82) is 0 Å². The Morgan fingerprint density at radius 3 is 2.69 bits per heavy atom. The van der Waals surface area contributed by atoms with Gasteiger partial charge in [-0.2, -0.15) is 0 Å². The van der Waals surface area contributed by atoms with Gasteiger partial charge < -0.3 is 14.8 Å². The number of likely N-dealkylation sites (tertiary alicyclic amines) is 1. The van der Waals surface area contributed by atoms with Crippen LogP contribution in [-0.2, 0) is 4.74 Å². The zero-order chi connectivity index (χ0) is 9.31. The first kappa shape index (κ1) is 8.97. The molecule has 0 saturated carbocycles. The Morgan fingerprint density at radius 2 is 2.15 bits per heavy atom. The fourth-order valence-electron chi connectivity index (χ4n) is 2.12. The number of hydrogen-bond acceptors (Lipinski definition) is 4. The van der Waals surface area contributed by atoms with E-state index < -0.39 is 0 Å². The molecule has 0 unspecified atom stereocenters. The van der Waals surface area contributed by atoms with Gasteiger partial charge in [0, 0.05) is 19.5 Å². The van der Waals surface area contributed by atoms with Crippen LogP contribution in [0.4, 0.5) is 0 Å². The molecule has 0 aromatic carbocycles. The van der Waals surface area contributed by atoms with Crippen molar-refractivity contribution in [3.63, 3.8) is 0 Å². The lowest BCUT2D eigenvalue weighted by molar-refractivity contribution is -0.0386. The van der Waals surface area contributed by atoms with Gasteiger partial charge in [-0.15, -0.1) is 0 Å². The molecule has 2 fully saturated rings. The van der Waals surface area contributed by atoms with E-state index in [0.29, 0.717) is 6.61 Å². The van der Waals surface area contributed by atoms with Crippen molar-refractivity contribution in [2.24, 2.45) is 5.16 Å². The van der Waals surface area contributed by atoms with Crippen molar-refractivity contribution in [1.82, 2.24) is 4.90 Å². The Hall–Kier alpha value is -0.610. The molecule has 0 aliphatic carbocycles. The smallest absolute Gasteiger partial charge is 0.0890 e. The van der Waals surface area contributed by atoms with Gasteiger partial charge in [0.05, 0.1) is 17.9 Å². The van der Waals surface area contributed by atoms with Gasteiger partial charge in [-0.25, -0.2) is 0 Å². The first-order valence-electron chi connectivity index (χ1n) is 4.76. The molecule has 0 amide bonds. The molecule has 1 N–H and O–H groups in total. The van der Waals surface area contributed by atoms with E-state index in [2.05, 4.69) is 17.1 Å². The molecule has 2 aliphatic heterocycles. The highest BCUT2D eigenvalue weighted by Gasteiger charge is 2.40. The number of oxime groups is 1. The summed E-state index contributed by atoms with van der Waals surface area (Å²) in [5.41, 5.74) is 0.790. The molecule has 2 rings (SSSR count). The minimum atomic E-state index is -0.00588. The highest BCUT2D eigenvalue weighted by Crippen LogP contribution is 2.34. The molecule has 74 valence electrons. The van der Waals surface area contributed by atoms with Gasteiger partial charge in [0.2, 0.25) is 0 Å². The molecule has 2 saturated heterocycles. The number of piperidine rings is 1. The SMILES string of the molecule is CN1CCC2(CC1)C/C(=N/O)CO2. The molecule has 0 bridgehead atoms. The van der Waals surface area contributed by atoms with Crippen LogP contribution >= 0.6 is 0 Å². The maximum atomic E-state index is 8.63. The third-order valence-corrected chi connectivity index (χ3v) is 3.11. The third-order valence-electron chi connectivity index (χ3n) is 3.11. The average Bonchev–Trinajstić information content (AvgIpc) is 2.55. The second-order valence-electron chi connectivity index (χ2n) is 4.12. The normalized spacial score (nSPS) is 31.6. The number of hydrogen-bond donors (Lipinski definition) is 1. The van der Waals surface area contributed by atoms with Crippen LogP contribution in [0.2, 0.25) is 0 Å². The van der Waals surface area contributed by atoms with E-state index >= 15 is 0 Å². The van der Waals surface area contributed by atoms with Crippen LogP contribution in [0.25, 0.3) is 0 Å². The van der Waals surface area contributed by atoms with Crippen LogP contribution < -0.4 is 0 Å². The van der Waals surface area contributed by atoms with E-state index in [1.54, 1.807) is 0 Å². The molecule has 0 radical (unpaired) electrons. The van der Waals surface area contributed by atoms with Crippen molar-refractivity contribution in [2.75, 3.05) is 26.7 Å². The first-order chi connectivity index (χ1) is 6.24. The molecule has 2 aliphatic rings. The monoisotopic (exact) mass is 184 g/mol. The molecule has 13 heavy (non-hydrogen) atoms. The molecular weight excluding hydrogens is 168 g/mol. The van der Waals surface area contributed by atoms with Gasteiger partial charge >= 0.3 is 0 Å². The predicted molar refractivity (Wildman–Crippen MR) is 49.3 cm³/mol. The van der Waals surface area contributed by atoms with Gasteiger partial charge in [0.15, 0.2) is 0 Å². The molecule has 4 nitrogen and oxygen atoms in total. The summed E-state index contributed by atoms with van der Waals surface area (Å²) in [4.78, 5) is 2.31. The molecule has 1 spiro atoms. The van der Waals surface area contributed by atoms with E-state index in [1.807, 2.05) is 0 Å². The summed E-state index contributed by atoms with van der Waals surface area (Å²) in [6.45, 7) is 2.68. The Bertz CT molecular complexity index is 220. The topological polar surface area (TPSA) is 45.1 Å². The largest absolute Gasteiger partial charge is 0.411 e. The van der Waals surface area contributed by atoms with Gasteiger partial charge in [-0.1, -0.05) is 5.16 Å². The van der Waals surface area contributed by atoms with Crippen molar-refractivity contribution in [3.8, 4) is 0 Å². The van der Waals surface area contributed by atoms with E-state index in [0.717, 1.165) is 38.1 Å². The van der Waals surface area contributed by atoms with Crippen molar-refractivity contribution >= 4 is 5.71 Å². The second-order valence-corrected chi connectivity index (χ2v) is 4.12. The summed E-state index contributed by atoms with van der Waals surface area (Å²) in [7, 11) is 2.13. The maximum Gasteiger partial charge on any atom is 0.0890 e. The second kappa shape index (κ2) is 3.27. The van der Waals surface area contributed by atoms with Crippen LogP contribution in [0, 0.1) is 0 Å². The quantitative estimate of drug-likeness (QED) is 0.445. The van der Waals surface area contributed by atoms with Gasteiger partial charge in [-0.3, -0.25) is 0 Å². The van der Waals surface area contributed by atoms with E-state index in [1.165, 1.54) is 0 Å². The summed E-state index contributed by atoms with van der Waals surface area (Å²) in [6, 6.07) is 0. The highest BCUT2D eigenvalue weighted by atomic mass is 16.5. The molecule has 0 aromatic heterocycles. The van der Waals surface area contributed by atoms with Crippen LogP contribution in [0.5, 0.6) is 0 Å². The van der Waals surface area contributed by atoms with Crippen molar-refractivity contribution in [3.05, 3.63) is 0 Å². The van der Waals surface area contributed by atoms with Gasteiger partial charge in [-0.05, 0) is 19.9 Å². The van der Waals surface area contributed by atoms with E-state index in [9.17, 15) is 0 Å². The lowest BCUT2D eigenvalue weighted by Crippen LogP contribution is -2.42. The molecular formula is C9H16N2O2. The maximum absolute atomic E-state index is 8.63. The summed E-state index contributed by atoms with van der Waals surface area (Å²) in [5.74, 6) is 0. The summed E-state index contributed by atoms with van der Waals surface area (Å²) in [6.07, 6.45) is 2.93. The predicted octanol–water partition coefficient (Wildman–Crippen LogP) is 0.701. The van der Waals surface area contributed by atoms with Crippen LogP contribution in [0.3, 0.4) is 0 Å².